The van der Waals surface area contributed by atoms with Gasteiger partial charge in [-0.1, -0.05) is 28.9 Å². The molecule has 0 saturated heterocycles. The van der Waals surface area contributed by atoms with Crippen molar-refractivity contribution in [3.05, 3.63) is 46.6 Å². The predicted molar refractivity (Wildman–Crippen MR) is 66.8 cm³/mol. The van der Waals surface area contributed by atoms with Crippen LogP contribution in [0, 0.1) is 6.92 Å². The van der Waals surface area contributed by atoms with Gasteiger partial charge in [-0.15, -0.1) is 0 Å². The Kier molecular flexibility index (Phi) is 3.68. The topological polar surface area (TPSA) is 73.1 Å². The highest BCUT2D eigenvalue weighted by Crippen LogP contribution is 2.15. The zero-order chi connectivity index (χ0) is 13.2. The van der Waals surface area contributed by atoms with E-state index in [9.17, 15) is 8.42 Å². The SMILES string of the molecule is Cc1nc(CS(=O)(=O)Cc2cccc(Cl)c2)no1. The Morgan fingerprint density at radius 1 is 1.33 bits per heavy atom. The lowest BCUT2D eigenvalue weighted by molar-refractivity contribution is 0.388. The quantitative estimate of drug-likeness (QED) is 0.861. The largest absolute Gasteiger partial charge is 0.340 e. The van der Waals surface area contributed by atoms with E-state index < -0.39 is 9.84 Å². The molecule has 2 aromatic rings. The van der Waals surface area contributed by atoms with Gasteiger partial charge in [-0.05, 0) is 17.7 Å². The van der Waals surface area contributed by atoms with Crippen molar-refractivity contribution in [3.63, 3.8) is 0 Å². The fourth-order valence-electron chi connectivity index (χ4n) is 1.53. The van der Waals surface area contributed by atoms with E-state index >= 15 is 0 Å². The summed E-state index contributed by atoms with van der Waals surface area (Å²) < 4.78 is 28.6. The Hall–Kier alpha value is -1.40. The molecule has 0 bridgehead atoms. The van der Waals surface area contributed by atoms with Gasteiger partial charge in [0.2, 0.25) is 5.89 Å². The molecule has 0 radical (unpaired) electrons. The fourth-order valence-corrected chi connectivity index (χ4v) is 3.04. The van der Waals surface area contributed by atoms with Crippen molar-refractivity contribution in [2.45, 2.75) is 18.4 Å². The fraction of sp³-hybridized carbons (Fsp3) is 0.273. The summed E-state index contributed by atoms with van der Waals surface area (Å²) in [6.45, 7) is 1.61. The van der Waals surface area contributed by atoms with Gasteiger partial charge in [0.1, 0.15) is 5.75 Å². The van der Waals surface area contributed by atoms with Crippen LogP contribution in [0.4, 0.5) is 0 Å². The maximum Gasteiger partial charge on any atom is 0.223 e. The van der Waals surface area contributed by atoms with Gasteiger partial charge in [-0.3, -0.25) is 0 Å². The number of hydrogen-bond acceptors (Lipinski definition) is 5. The van der Waals surface area contributed by atoms with Gasteiger partial charge < -0.3 is 4.52 Å². The highest BCUT2D eigenvalue weighted by molar-refractivity contribution is 7.89. The number of sulfone groups is 1. The molecule has 1 aromatic carbocycles. The first-order valence-electron chi connectivity index (χ1n) is 5.19. The van der Waals surface area contributed by atoms with Crippen LogP contribution in [-0.4, -0.2) is 18.6 Å². The minimum absolute atomic E-state index is 0.0961. The van der Waals surface area contributed by atoms with Crippen molar-refractivity contribution in [3.8, 4) is 0 Å². The molecule has 0 atom stereocenters. The van der Waals surface area contributed by atoms with Crippen LogP contribution in [-0.2, 0) is 21.3 Å². The second-order valence-electron chi connectivity index (χ2n) is 3.89. The number of aryl methyl sites for hydroxylation is 1. The Morgan fingerprint density at radius 2 is 2.11 bits per heavy atom. The molecule has 0 saturated carbocycles. The van der Waals surface area contributed by atoms with Crippen LogP contribution < -0.4 is 0 Å². The summed E-state index contributed by atoms with van der Waals surface area (Å²) in [6.07, 6.45) is 0. The maximum absolute atomic E-state index is 11.9. The number of aromatic nitrogens is 2. The van der Waals surface area contributed by atoms with Crippen LogP contribution in [0.3, 0.4) is 0 Å². The van der Waals surface area contributed by atoms with Crippen LogP contribution in [0.25, 0.3) is 0 Å². The minimum atomic E-state index is -3.33. The third-order valence-corrected chi connectivity index (χ3v) is 3.90. The summed E-state index contributed by atoms with van der Waals surface area (Å²) in [5.74, 6) is 0.190. The van der Waals surface area contributed by atoms with Crippen LogP contribution in [0.2, 0.25) is 5.02 Å². The molecule has 1 heterocycles. The molecule has 0 spiro atoms. The molecule has 7 heteroatoms. The number of nitrogens with zero attached hydrogens (tertiary/aromatic N) is 2. The lowest BCUT2D eigenvalue weighted by Crippen LogP contribution is -2.08. The number of hydrogen-bond donors (Lipinski definition) is 0. The molecule has 18 heavy (non-hydrogen) atoms. The molecule has 0 unspecified atom stereocenters. The van der Waals surface area contributed by atoms with Crippen molar-refractivity contribution in [1.82, 2.24) is 10.1 Å². The summed E-state index contributed by atoms with van der Waals surface area (Å²) in [4.78, 5) is 3.87. The van der Waals surface area contributed by atoms with E-state index in [0.717, 1.165) is 0 Å². The normalized spacial score (nSPS) is 11.7. The minimum Gasteiger partial charge on any atom is -0.340 e. The van der Waals surface area contributed by atoms with Crippen molar-refractivity contribution < 1.29 is 12.9 Å². The molecule has 1 aromatic heterocycles. The molecule has 0 aliphatic carbocycles. The van der Waals surface area contributed by atoms with Crippen molar-refractivity contribution >= 4 is 21.4 Å². The Balaban J connectivity index is 2.12. The molecule has 0 aliphatic rings. The van der Waals surface area contributed by atoms with Gasteiger partial charge in [0.05, 0.1) is 5.75 Å². The van der Waals surface area contributed by atoms with Crippen LogP contribution in [0.5, 0.6) is 0 Å². The van der Waals surface area contributed by atoms with Crippen molar-refractivity contribution in [2.75, 3.05) is 0 Å². The summed E-state index contributed by atoms with van der Waals surface area (Å²) in [5, 5.41) is 4.08. The third kappa shape index (κ3) is 3.54. The first kappa shape index (κ1) is 13.0. The van der Waals surface area contributed by atoms with E-state index in [1.807, 2.05) is 0 Å². The first-order chi connectivity index (χ1) is 8.44. The van der Waals surface area contributed by atoms with E-state index in [4.69, 9.17) is 16.1 Å². The molecule has 0 N–H and O–H groups in total. The molecular formula is C11H11ClN2O3S. The van der Waals surface area contributed by atoms with Gasteiger partial charge in [0.25, 0.3) is 0 Å². The zero-order valence-electron chi connectivity index (χ0n) is 9.63. The smallest absolute Gasteiger partial charge is 0.223 e. The van der Waals surface area contributed by atoms with Crippen LogP contribution in [0.1, 0.15) is 17.3 Å². The number of benzene rings is 1. The molecule has 5 nitrogen and oxygen atoms in total. The van der Waals surface area contributed by atoms with E-state index in [-0.39, 0.29) is 17.3 Å². The van der Waals surface area contributed by atoms with Gasteiger partial charge in [0, 0.05) is 11.9 Å². The molecule has 2 rings (SSSR count). The van der Waals surface area contributed by atoms with E-state index in [2.05, 4.69) is 10.1 Å². The molecule has 0 aliphatic heterocycles. The average Bonchev–Trinajstić information content (AvgIpc) is 2.62. The highest BCUT2D eigenvalue weighted by Gasteiger charge is 2.17. The molecule has 0 fully saturated rings. The third-order valence-electron chi connectivity index (χ3n) is 2.19. The summed E-state index contributed by atoms with van der Waals surface area (Å²) >= 11 is 5.80. The molecule has 0 amide bonds. The summed E-state index contributed by atoms with van der Waals surface area (Å²) in [7, 11) is -3.33. The summed E-state index contributed by atoms with van der Waals surface area (Å²) in [5.41, 5.74) is 0.641. The van der Waals surface area contributed by atoms with Crippen LogP contribution in [0.15, 0.2) is 28.8 Å². The van der Waals surface area contributed by atoms with Gasteiger partial charge >= 0.3 is 0 Å². The lowest BCUT2D eigenvalue weighted by atomic mass is 10.2. The average molecular weight is 287 g/mol. The van der Waals surface area contributed by atoms with Crippen molar-refractivity contribution in [1.29, 1.82) is 0 Å². The number of halogens is 1. The number of rotatable bonds is 4. The molecular weight excluding hydrogens is 276 g/mol. The lowest BCUT2D eigenvalue weighted by Gasteiger charge is -2.02. The first-order valence-corrected chi connectivity index (χ1v) is 7.38. The highest BCUT2D eigenvalue weighted by atomic mass is 35.5. The Bertz CT molecular complexity index is 652. The Labute approximate surface area is 110 Å². The maximum atomic E-state index is 11.9. The zero-order valence-corrected chi connectivity index (χ0v) is 11.2. The monoisotopic (exact) mass is 286 g/mol. The second kappa shape index (κ2) is 5.07. The van der Waals surface area contributed by atoms with Crippen LogP contribution >= 0.6 is 11.6 Å². The van der Waals surface area contributed by atoms with Crippen molar-refractivity contribution in [2.24, 2.45) is 0 Å². The molecule has 96 valence electrons. The van der Waals surface area contributed by atoms with Gasteiger partial charge in [-0.2, -0.15) is 4.98 Å². The standard InChI is InChI=1S/C11H11ClN2O3S/c1-8-13-11(14-17-8)7-18(15,16)6-9-3-2-4-10(12)5-9/h2-5H,6-7H2,1H3. The van der Waals surface area contributed by atoms with E-state index in [1.165, 1.54) is 0 Å². The van der Waals surface area contributed by atoms with Gasteiger partial charge in [0.15, 0.2) is 15.7 Å². The Morgan fingerprint density at radius 3 is 2.72 bits per heavy atom. The van der Waals surface area contributed by atoms with E-state index in [0.29, 0.717) is 16.5 Å². The van der Waals surface area contributed by atoms with Gasteiger partial charge in [-0.25, -0.2) is 8.42 Å². The summed E-state index contributed by atoms with van der Waals surface area (Å²) in [6, 6.07) is 6.75. The van der Waals surface area contributed by atoms with E-state index in [1.54, 1.807) is 31.2 Å². The second-order valence-corrected chi connectivity index (χ2v) is 6.39. The predicted octanol–water partition coefficient (Wildman–Crippen LogP) is 2.15.